The zero-order valence-corrected chi connectivity index (χ0v) is 10.4. The standard InChI is InChI=1S/C6H20N2Si2/c1-5(7-3)10-8-6(2)9-4/h5-8H,9-10H2,1-4H3. The van der Waals surface area contributed by atoms with Crippen molar-refractivity contribution in [3.8, 4) is 0 Å². The van der Waals surface area contributed by atoms with Crippen LogP contribution < -0.4 is 10.3 Å². The lowest BCUT2D eigenvalue weighted by Crippen LogP contribution is -2.43. The van der Waals surface area contributed by atoms with E-state index in [9.17, 15) is 0 Å². The van der Waals surface area contributed by atoms with Gasteiger partial charge >= 0.3 is 0 Å². The van der Waals surface area contributed by atoms with Crippen molar-refractivity contribution in [1.29, 1.82) is 0 Å². The molecule has 0 saturated heterocycles. The van der Waals surface area contributed by atoms with Gasteiger partial charge in [0.25, 0.3) is 0 Å². The molecular formula is C6H20N2Si2. The Hall–Kier alpha value is 0.354. The third-order valence-electron chi connectivity index (χ3n) is 1.88. The summed E-state index contributed by atoms with van der Waals surface area (Å²) in [5.74, 6) is 0. The van der Waals surface area contributed by atoms with Crippen LogP contribution in [0.5, 0.6) is 0 Å². The lowest BCUT2D eigenvalue weighted by Gasteiger charge is -2.14. The predicted molar refractivity (Wildman–Crippen MR) is 54.1 cm³/mol. The van der Waals surface area contributed by atoms with Gasteiger partial charge in [0.1, 0.15) is 9.68 Å². The Kier molecular flexibility index (Phi) is 6.30. The molecule has 0 aromatic rings. The smallest absolute Gasteiger partial charge is 0.108 e. The molecule has 2 atom stereocenters. The van der Waals surface area contributed by atoms with Crippen molar-refractivity contribution in [3.05, 3.63) is 0 Å². The summed E-state index contributed by atoms with van der Waals surface area (Å²) in [4.78, 5) is 3.62. The third-order valence-corrected chi connectivity index (χ3v) is 5.92. The normalized spacial score (nSPS) is 19.2. The molecule has 0 aromatic heterocycles. The summed E-state index contributed by atoms with van der Waals surface area (Å²) in [6.45, 7) is 6.92. The predicted octanol–water partition coefficient (Wildman–Crippen LogP) is -1.21. The summed E-state index contributed by atoms with van der Waals surface area (Å²) in [6, 6.07) is 0. The Morgan fingerprint density at radius 2 is 1.80 bits per heavy atom. The molecule has 0 bridgehead atoms. The van der Waals surface area contributed by atoms with Gasteiger partial charge in [-0.1, -0.05) is 20.4 Å². The van der Waals surface area contributed by atoms with Gasteiger partial charge in [0, 0.05) is 15.2 Å². The van der Waals surface area contributed by atoms with Gasteiger partial charge in [-0.2, -0.15) is 0 Å². The average Bonchev–Trinajstić information content (AvgIpc) is 1.99. The van der Waals surface area contributed by atoms with Gasteiger partial charge < -0.3 is 10.3 Å². The fourth-order valence-corrected chi connectivity index (χ4v) is 3.24. The van der Waals surface area contributed by atoms with Crippen molar-refractivity contribution in [3.63, 3.8) is 0 Å². The van der Waals surface area contributed by atoms with Crippen molar-refractivity contribution in [1.82, 2.24) is 10.3 Å². The van der Waals surface area contributed by atoms with E-state index in [1.54, 1.807) is 0 Å². The summed E-state index contributed by atoms with van der Waals surface area (Å²) in [6.07, 6.45) is 0. The lowest BCUT2D eigenvalue weighted by atomic mass is 10.8. The number of hydrogen-bond donors (Lipinski definition) is 2. The first-order valence-corrected chi connectivity index (χ1v) is 7.86. The van der Waals surface area contributed by atoms with Crippen LogP contribution in [-0.4, -0.2) is 37.6 Å². The molecule has 0 aromatic carbocycles. The van der Waals surface area contributed by atoms with Gasteiger partial charge in [-0.3, -0.25) is 0 Å². The van der Waals surface area contributed by atoms with Gasteiger partial charge in [0.05, 0.1) is 0 Å². The zero-order chi connectivity index (χ0) is 7.98. The first-order chi connectivity index (χ1) is 4.70. The average molecular weight is 176 g/mol. The maximum absolute atomic E-state index is 3.62. The van der Waals surface area contributed by atoms with Crippen molar-refractivity contribution in [2.24, 2.45) is 0 Å². The molecule has 0 fully saturated rings. The second kappa shape index (κ2) is 6.09. The molecule has 4 heteroatoms. The number of rotatable bonds is 5. The first-order valence-electron chi connectivity index (χ1n) is 4.11. The van der Waals surface area contributed by atoms with Crippen LogP contribution in [0.3, 0.4) is 0 Å². The third kappa shape index (κ3) is 5.16. The summed E-state index contributed by atoms with van der Waals surface area (Å²) in [7, 11) is 2.17. The zero-order valence-electron chi connectivity index (χ0n) is 7.57. The van der Waals surface area contributed by atoms with Crippen LogP contribution in [0.2, 0.25) is 6.55 Å². The topological polar surface area (TPSA) is 24.1 Å². The van der Waals surface area contributed by atoms with Crippen LogP contribution in [0.1, 0.15) is 13.8 Å². The molecular weight excluding hydrogens is 156 g/mol. The maximum atomic E-state index is 3.62. The Bertz CT molecular complexity index is 70.1. The molecule has 2 unspecified atom stereocenters. The highest BCUT2D eigenvalue weighted by atomic mass is 28.2. The van der Waals surface area contributed by atoms with Gasteiger partial charge in [-0.05, 0) is 12.7 Å². The minimum atomic E-state index is -0.0492. The highest BCUT2D eigenvalue weighted by Gasteiger charge is 2.01. The molecule has 0 aliphatic carbocycles. The van der Waals surface area contributed by atoms with E-state index in [-0.39, 0.29) is 19.2 Å². The second-order valence-corrected chi connectivity index (χ2v) is 6.99. The van der Waals surface area contributed by atoms with Crippen LogP contribution in [0.15, 0.2) is 0 Å². The number of hydrogen-bond acceptors (Lipinski definition) is 2. The molecule has 0 heterocycles. The van der Waals surface area contributed by atoms with E-state index in [1.807, 2.05) is 7.05 Å². The molecule has 0 saturated carbocycles. The lowest BCUT2D eigenvalue weighted by molar-refractivity contribution is 0.758. The van der Waals surface area contributed by atoms with Crippen molar-refractivity contribution < 1.29 is 0 Å². The second-order valence-electron chi connectivity index (χ2n) is 2.91. The molecule has 0 rings (SSSR count). The molecule has 0 radical (unpaired) electrons. The maximum Gasteiger partial charge on any atom is 0.108 e. The van der Waals surface area contributed by atoms with E-state index in [2.05, 4.69) is 30.7 Å². The summed E-state index contributed by atoms with van der Waals surface area (Å²) < 4.78 is 0. The quantitative estimate of drug-likeness (QED) is 0.514. The number of nitrogens with one attached hydrogen (secondary N) is 2. The van der Waals surface area contributed by atoms with Crippen LogP contribution in [-0.2, 0) is 0 Å². The monoisotopic (exact) mass is 176 g/mol. The Morgan fingerprint density at radius 1 is 1.20 bits per heavy atom. The Morgan fingerprint density at radius 3 is 2.20 bits per heavy atom. The molecule has 0 amide bonds. The highest BCUT2D eigenvalue weighted by molar-refractivity contribution is 6.41. The largest absolute Gasteiger partial charge is 0.342 e. The molecule has 0 aliphatic heterocycles. The van der Waals surface area contributed by atoms with E-state index < -0.39 is 0 Å². The van der Waals surface area contributed by atoms with Crippen molar-refractivity contribution in [2.75, 3.05) is 7.05 Å². The SMILES string of the molecule is CNC(C)[SiH2]NC(C)[SiH2]C. The Balaban J connectivity index is 3.17. The van der Waals surface area contributed by atoms with Crippen molar-refractivity contribution in [2.45, 2.75) is 31.7 Å². The Labute approximate surface area is 68.9 Å². The molecule has 62 valence electrons. The fraction of sp³-hybridized carbons (Fsp3) is 1.00. The first kappa shape index (κ1) is 10.4. The minimum Gasteiger partial charge on any atom is -0.342 e. The molecule has 2 N–H and O–H groups in total. The molecule has 0 spiro atoms. The summed E-state index contributed by atoms with van der Waals surface area (Å²) in [5.41, 5.74) is 1.59. The molecule has 0 aliphatic rings. The van der Waals surface area contributed by atoms with Crippen LogP contribution >= 0.6 is 0 Å². The van der Waals surface area contributed by atoms with Crippen LogP contribution in [0, 0.1) is 0 Å². The van der Waals surface area contributed by atoms with Gasteiger partial charge in [-0.25, -0.2) is 0 Å². The van der Waals surface area contributed by atoms with Gasteiger partial charge in [0.15, 0.2) is 0 Å². The minimum absolute atomic E-state index is 0.0492. The van der Waals surface area contributed by atoms with Crippen LogP contribution in [0.4, 0.5) is 0 Å². The summed E-state index contributed by atoms with van der Waals surface area (Å²) in [5, 5.41) is 3.26. The van der Waals surface area contributed by atoms with E-state index in [4.69, 9.17) is 0 Å². The van der Waals surface area contributed by atoms with Gasteiger partial charge in [0.2, 0.25) is 0 Å². The molecule has 2 nitrogen and oxygen atoms in total. The molecule has 10 heavy (non-hydrogen) atoms. The summed E-state index contributed by atoms with van der Waals surface area (Å²) >= 11 is 0. The highest BCUT2D eigenvalue weighted by Crippen LogP contribution is 1.77. The van der Waals surface area contributed by atoms with E-state index in [1.165, 1.54) is 0 Å². The van der Waals surface area contributed by atoms with Crippen LogP contribution in [0.25, 0.3) is 0 Å². The van der Waals surface area contributed by atoms with Gasteiger partial charge in [-0.15, -0.1) is 0 Å². The van der Waals surface area contributed by atoms with E-state index >= 15 is 0 Å². The fourth-order valence-electron chi connectivity index (χ4n) is 0.624. The van der Waals surface area contributed by atoms with Crippen molar-refractivity contribution >= 4 is 19.2 Å². The van der Waals surface area contributed by atoms with E-state index in [0.717, 1.165) is 11.3 Å². The van der Waals surface area contributed by atoms with E-state index in [0.29, 0.717) is 0 Å².